The second kappa shape index (κ2) is 10.5. The predicted octanol–water partition coefficient (Wildman–Crippen LogP) is 4.02. The molecule has 172 valence electrons. The third-order valence-electron chi connectivity index (χ3n) is 5.72. The monoisotopic (exact) mass is 465 g/mol. The van der Waals surface area contributed by atoms with E-state index in [9.17, 15) is 9.59 Å². The summed E-state index contributed by atoms with van der Waals surface area (Å²) >= 11 is 1.52. The SMILES string of the molecule is COc1ccccc1-c1csc(C2CCN(C(C)=O)CCN2C(=O)COc2ccccc2)n1. The topological polar surface area (TPSA) is 72.0 Å². The number of benzene rings is 2. The average Bonchev–Trinajstić information content (AvgIpc) is 3.22. The molecule has 1 fully saturated rings. The molecule has 8 heteroatoms. The van der Waals surface area contributed by atoms with Crippen molar-refractivity contribution in [3.63, 3.8) is 0 Å². The molecule has 3 aromatic rings. The number of ether oxygens (including phenoxy) is 2. The van der Waals surface area contributed by atoms with Crippen molar-refractivity contribution in [1.82, 2.24) is 14.8 Å². The Labute approximate surface area is 197 Å². The molecule has 1 atom stereocenters. The van der Waals surface area contributed by atoms with E-state index in [1.807, 2.05) is 60.0 Å². The van der Waals surface area contributed by atoms with Gasteiger partial charge in [-0.15, -0.1) is 11.3 Å². The highest BCUT2D eigenvalue weighted by atomic mass is 32.1. The van der Waals surface area contributed by atoms with E-state index in [2.05, 4.69) is 0 Å². The Morgan fingerprint density at radius 2 is 1.82 bits per heavy atom. The summed E-state index contributed by atoms with van der Waals surface area (Å²) in [6.45, 7) is 3.00. The number of amides is 2. The number of para-hydroxylation sites is 2. The fourth-order valence-corrected chi connectivity index (χ4v) is 4.93. The number of hydrogen-bond donors (Lipinski definition) is 0. The fourth-order valence-electron chi connectivity index (χ4n) is 3.97. The first-order valence-corrected chi connectivity index (χ1v) is 11.8. The van der Waals surface area contributed by atoms with E-state index in [0.29, 0.717) is 31.8 Å². The second-order valence-electron chi connectivity index (χ2n) is 7.77. The highest BCUT2D eigenvalue weighted by Crippen LogP contribution is 2.35. The lowest BCUT2D eigenvalue weighted by atomic mass is 10.1. The number of aromatic nitrogens is 1. The molecule has 4 rings (SSSR count). The summed E-state index contributed by atoms with van der Waals surface area (Å²) in [5.74, 6) is 1.29. The van der Waals surface area contributed by atoms with Gasteiger partial charge in [0.05, 0.1) is 18.8 Å². The van der Waals surface area contributed by atoms with Crippen LogP contribution in [0.15, 0.2) is 60.0 Å². The maximum atomic E-state index is 13.2. The van der Waals surface area contributed by atoms with Gasteiger partial charge in [-0.3, -0.25) is 9.59 Å². The summed E-state index contributed by atoms with van der Waals surface area (Å²) in [6, 6.07) is 16.8. The van der Waals surface area contributed by atoms with Gasteiger partial charge in [0.2, 0.25) is 5.91 Å². The molecule has 0 N–H and O–H groups in total. The van der Waals surface area contributed by atoms with Crippen LogP contribution in [0.3, 0.4) is 0 Å². The summed E-state index contributed by atoms with van der Waals surface area (Å²) in [5, 5.41) is 2.83. The molecular weight excluding hydrogens is 438 g/mol. The first-order valence-electron chi connectivity index (χ1n) is 10.9. The smallest absolute Gasteiger partial charge is 0.261 e. The van der Waals surface area contributed by atoms with Crippen molar-refractivity contribution in [3.8, 4) is 22.8 Å². The van der Waals surface area contributed by atoms with Gasteiger partial charge >= 0.3 is 0 Å². The van der Waals surface area contributed by atoms with Gasteiger partial charge in [0.15, 0.2) is 6.61 Å². The lowest BCUT2D eigenvalue weighted by molar-refractivity contribution is -0.136. The fraction of sp³-hybridized carbons (Fsp3) is 0.320. The number of carbonyl (C=O) groups is 2. The minimum absolute atomic E-state index is 0.0115. The second-order valence-corrected chi connectivity index (χ2v) is 8.66. The minimum Gasteiger partial charge on any atom is -0.496 e. The highest BCUT2D eigenvalue weighted by molar-refractivity contribution is 7.10. The Balaban J connectivity index is 1.58. The lowest BCUT2D eigenvalue weighted by Gasteiger charge is -2.28. The summed E-state index contributed by atoms with van der Waals surface area (Å²) in [6.07, 6.45) is 0.621. The molecule has 33 heavy (non-hydrogen) atoms. The molecule has 7 nitrogen and oxygen atoms in total. The van der Waals surface area contributed by atoms with Crippen LogP contribution < -0.4 is 9.47 Å². The molecule has 0 aliphatic carbocycles. The van der Waals surface area contributed by atoms with Crippen LogP contribution in [-0.4, -0.2) is 59.9 Å². The molecule has 1 aromatic heterocycles. The number of hydrogen-bond acceptors (Lipinski definition) is 6. The number of rotatable bonds is 6. The van der Waals surface area contributed by atoms with Gasteiger partial charge in [-0.2, -0.15) is 0 Å². The van der Waals surface area contributed by atoms with Gasteiger partial charge in [-0.1, -0.05) is 30.3 Å². The molecule has 2 aromatic carbocycles. The van der Waals surface area contributed by atoms with Gasteiger partial charge in [-0.05, 0) is 30.7 Å². The summed E-state index contributed by atoms with van der Waals surface area (Å²) in [4.78, 5) is 33.7. The van der Waals surface area contributed by atoms with E-state index in [-0.39, 0.29) is 24.5 Å². The van der Waals surface area contributed by atoms with Crippen molar-refractivity contribution in [1.29, 1.82) is 0 Å². The standard InChI is InChI=1S/C25H27N3O4S/c1-18(29)27-13-12-22(25-26-21(17-33-25)20-10-6-7-11-23(20)31-2)28(15-14-27)24(30)16-32-19-8-4-3-5-9-19/h3-11,17,22H,12-16H2,1-2H3. The molecule has 1 unspecified atom stereocenters. The van der Waals surface area contributed by atoms with E-state index < -0.39 is 0 Å². The molecule has 0 saturated carbocycles. The molecular formula is C25H27N3O4S. The Kier molecular flexibility index (Phi) is 7.24. The summed E-state index contributed by atoms with van der Waals surface area (Å²) in [5.41, 5.74) is 1.72. The number of thiazole rings is 1. The molecule has 1 saturated heterocycles. The van der Waals surface area contributed by atoms with Crippen LogP contribution in [0.5, 0.6) is 11.5 Å². The van der Waals surface area contributed by atoms with Crippen LogP contribution in [0.1, 0.15) is 24.4 Å². The van der Waals surface area contributed by atoms with E-state index in [1.165, 1.54) is 11.3 Å². The van der Waals surface area contributed by atoms with Crippen molar-refractivity contribution in [2.45, 2.75) is 19.4 Å². The molecule has 0 spiro atoms. The third-order valence-corrected chi connectivity index (χ3v) is 6.67. The van der Waals surface area contributed by atoms with Gasteiger partial charge in [0.25, 0.3) is 5.91 Å². The van der Waals surface area contributed by atoms with E-state index in [1.54, 1.807) is 23.8 Å². The van der Waals surface area contributed by atoms with Crippen LogP contribution in [0.2, 0.25) is 0 Å². The largest absolute Gasteiger partial charge is 0.496 e. The Morgan fingerprint density at radius 3 is 2.58 bits per heavy atom. The molecule has 2 heterocycles. The molecule has 1 aliphatic heterocycles. The van der Waals surface area contributed by atoms with Crippen LogP contribution in [0.4, 0.5) is 0 Å². The molecule has 0 bridgehead atoms. The van der Waals surface area contributed by atoms with E-state index in [4.69, 9.17) is 14.5 Å². The Bertz CT molecular complexity index is 1100. The van der Waals surface area contributed by atoms with Gasteiger partial charge < -0.3 is 19.3 Å². The normalized spacial score (nSPS) is 16.2. The first kappa shape index (κ1) is 22.8. The molecule has 0 radical (unpaired) electrons. The zero-order valence-electron chi connectivity index (χ0n) is 18.8. The van der Waals surface area contributed by atoms with Crippen molar-refractivity contribution in [3.05, 3.63) is 65.0 Å². The third kappa shape index (κ3) is 5.34. The van der Waals surface area contributed by atoms with Crippen molar-refractivity contribution >= 4 is 23.2 Å². The maximum absolute atomic E-state index is 13.2. The van der Waals surface area contributed by atoms with Crippen molar-refractivity contribution in [2.24, 2.45) is 0 Å². The van der Waals surface area contributed by atoms with Gasteiger partial charge in [0.1, 0.15) is 16.5 Å². The summed E-state index contributed by atoms with van der Waals surface area (Å²) < 4.78 is 11.2. The van der Waals surface area contributed by atoms with E-state index >= 15 is 0 Å². The quantitative estimate of drug-likeness (QED) is 0.550. The Hall–Kier alpha value is -3.39. The zero-order valence-corrected chi connectivity index (χ0v) is 19.6. The highest BCUT2D eigenvalue weighted by Gasteiger charge is 2.32. The number of nitrogens with zero attached hydrogens (tertiary/aromatic N) is 3. The molecule has 1 aliphatic rings. The van der Waals surface area contributed by atoms with Crippen LogP contribution >= 0.6 is 11.3 Å². The van der Waals surface area contributed by atoms with Crippen molar-refractivity contribution in [2.75, 3.05) is 33.4 Å². The van der Waals surface area contributed by atoms with Gasteiger partial charge in [0, 0.05) is 37.5 Å². The zero-order chi connectivity index (χ0) is 23.2. The maximum Gasteiger partial charge on any atom is 0.261 e. The van der Waals surface area contributed by atoms with Gasteiger partial charge in [-0.25, -0.2) is 4.98 Å². The van der Waals surface area contributed by atoms with E-state index in [0.717, 1.165) is 22.0 Å². The van der Waals surface area contributed by atoms with Crippen LogP contribution in [0, 0.1) is 0 Å². The lowest BCUT2D eigenvalue weighted by Crippen LogP contribution is -2.40. The summed E-state index contributed by atoms with van der Waals surface area (Å²) in [7, 11) is 1.64. The molecule has 2 amide bonds. The minimum atomic E-state index is -0.227. The average molecular weight is 466 g/mol. The first-order chi connectivity index (χ1) is 16.1. The van der Waals surface area contributed by atoms with Crippen molar-refractivity contribution < 1.29 is 19.1 Å². The van der Waals surface area contributed by atoms with Crippen LogP contribution in [-0.2, 0) is 9.59 Å². The van der Waals surface area contributed by atoms with Crippen LogP contribution in [0.25, 0.3) is 11.3 Å². The number of carbonyl (C=O) groups excluding carboxylic acids is 2. The Morgan fingerprint density at radius 1 is 1.06 bits per heavy atom. The predicted molar refractivity (Wildman–Crippen MR) is 127 cm³/mol. The number of methoxy groups -OCH3 is 1.